The molecule has 4 aromatic rings. The van der Waals surface area contributed by atoms with Crippen molar-refractivity contribution in [1.82, 2.24) is 0 Å². The van der Waals surface area contributed by atoms with E-state index in [0.29, 0.717) is 0 Å². The molecular formula is C29H27NO. The summed E-state index contributed by atoms with van der Waals surface area (Å²) in [6.45, 7) is 4.26. The van der Waals surface area contributed by atoms with Crippen molar-refractivity contribution in [2.24, 2.45) is 0 Å². The zero-order valence-electron chi connectivity index (χ0n) is 18.0. The number of anilines is 3. The Kier molecular flexibility index (Phi) is 6.30. The van der Waals surface area contributed by atoms with Gasteiger partial charge in [-0.3, -0.25) is 0 Å². The lowest BCUT2D eigenvalue weighted by molar-refractivity contribution is 0.281. The minimum Gasteiger partial charge on any atom is -0.392 e. The molecule has 0 heterocycles. The summed E-state index contributed by atoms with van der Waals surface area (Å²) in [5, 5.41) is 9.52. The number of rotatable bonds is 6. The van der Waals surface area contributed by atoms with Crippen LogP contribution in [0.5, 0.6) is 0 Å². The maximum atomic E-state index is 9.52. The van der Waals surface area contributed by atoms with E-state index in [4.69, 9.17) is 0 Å². The highest BCUT2D eigenvalue weighted by molar-refractivity contribution is 5.78. The van der Waals surface area contributed by atoms with E-state index in [1.165, 1.54) is 11.1 Å². The highest BCUT2D eigenvalue weighted by Crippen LogP contribution is 2.34. The van der Waals surface area contributed by atoms with Crippen LogP contribution >= 0.6 is 0 Å². The number of hydrogen-bond donors (Lipinski definition) is 1. The predicted octanol–water partition coefficient (Wildman–Crippen LogP) is 7.44. The molecule has 0 spiro atoms. The molecule has 0 bridgehead atoms. The largest absolute Gasteiger partial charge is 0.392 e. The minimum atomic E-state index is 0.0432. The Balaban J connectivity index is 1.65. The van der Waals surface area contributed by atoms with Crippen LogP contribution in [0.15, 0.2) is 97.1 Å². The van der Waals surface area contributed by atoms with Gasteiger partial charge in [-0.25, -0.2) is 0 Å². The van der Waals surface area contributed by atoms with E-state index in [2.05, 4.69) is 104 Å². The van der Waals surface area contributed by atoms with Crippen LogP contribution in [0.2, 0.25) is 0 Å². The number of aryl methyl sites for hydroxylation is 2. The summed E-state index contributed by atoms with van der Waals surface area (Å²) in [6.07, 6.45) is 4.14. The molecule has 0 radical (unpaired) electrons. The summed E-state index contributed by atoms with van der Waals surface area (Å²) in [5.41, 5.74) is 8.96. The maximum absolute atomic E-state index is 9.52. The fraction of sp³-hybridized carbons (Fsp3) is 0.103. The van der Waals surface area contributed by atoms with Gasteiger partial charge in [0.15, 0.2) is 0 Å². The van der Waals surface area contributed by atoms with Gasteiger partial charge in [-0.1, -0.05) is 83.9 Å². The van der Waals surface area contributed by atoms with Crippen LogP contribution in [0.1, 0.15) is 27.8 Å². The van der Waals surface area contributed by atoms with E-state index in [1.807, 2.05) is 24.3 Å². The van der Waals surface area contributed by atoms with Crippen molar-refractivity contribution in [2.45, 2.75) is 20.5 Å². The van der Waals surface area contributed by atoms with Crippen LogP contribution in [0.4, 0.5) is 17.1 Å². The molecule has 31 heavy (non-hydrogen) atoms. The molecule has 1 N–H and O–H groups in total. The molecule has 0 saturated carbocycles. The van der Waals surface area contributed by atoms with Gasteiger partial charge in [-0.05, 0) is 66.9 Å². The molecule has 0 fully saturated rings. The van der Waals surface area contributed by atoms with Crippen molar-refractivity contribution in [3.63, 3.8) is 0 Å². The summed E-state index contributed by atoms with van der Waals surface area (Å²) in [5.74, 6) is 0. The molecule has 0 aromatic heterocycles. The van der Waals surface area contributed by atoms with Gasteiger partial charge in [-0.2, -0.15) is 0 Å². The van der Waals surface area contributed by atoms with Gasteiger partial charge in [0.25, 0.3) is 0 Å². The van der Waals surface area contributed by atoms with Crippen LogP contribution in [0.25, 0.3) is 12.2 Å². The Labute approximate surface area is 184 Å². The normalized spacial score (nSPS) is 11.1. The number of benzene rings is 4. The molecule has 154 valence electrons. The minimum absolute atomic E-state index is 0.0432. The number of aliphatic hydroxyl groups excluding tert-OH is 1. The molecule has 0 aliphatic rings. The molecule has 0 atom stereocenters. The molecule has 4 rings (SSSR count). The van der Waals surface area contributed by atoms with E-state index >= 15 is 0 Å². The summed E-state index contributed by atoms with van der Waals surface area (Å²) < 4.78 is 0. The predicted molar refractivity (Wildman–Crippen MR) is 132 cm³/mol. The highest BCUT2D eigenvalue weighted by atomic mass is 16.3. The monoisotopic (exact) mass is 405 g/mol. The molecule has 2 heteroatoms. The first-order valence-electron chi connectivity index (χ1n) is 10.5. The number of aliphatic hydroxyl groups is 1. The standard InChI is InChI=1S/C29H27NO/c1-22-7-15-27(16-8-22)30(28-17-9-23(2)10-18-28)29-19-12-24(13-20-29)11-14-25-5-3-4-6-26(25)21-31/h3-20,31H,21H2,1-2H3. The van der Waals surface area contributed by atoms with Gasteiger partial charge in [0, 0.05) is 17.1 Å². The van der Waals surface area contributed by atoms with Crippen LogP contribution in [0, 0.1) is 13.8 Å². The average molecular weight is 406 g/mol. The van der Waals surface area contributed by atoms with Gasteiger partial charge < -0.3 is 10.0 Å². The third-order valence-electron chi connectivity index (χ3n) is 5.42. The van der Waals surface area contributed by atoms with E-state index in [9.17, 15) is 5.11 Å². The van der Waals surface area contributed by atoms with E-state index in [-0.39, 0.29) is 6.61 Å². The first-order valence-corrected chi connectivity index (χ1v) is 10.5. The van der Waals surface area contributed by atoms with Gasteiger partial charge in [0.1, 0.15) is 0 Å². The molecule has 0 amide bonds. The second-order valence-corrected chi connectivity index (χ2v) is 7.79. The summed E-state index contributed by atoms with van der Waals surface area (Å²) in [4.78, 5) is 2.27. The number of nitrogens with zero attached hydrogens (tertiary/aromatic N) is 1. The SMILES string of the molecule is Cc1ccc(N(c2ccc(C)cc2)c2ccc(C=Cc3ccccc3CO)cc2)cc1. The molecule has 4 aromatic carbocycles. The second kappa shape index (κ2) is 9.46. The number of hydrogen-bond acceptors (Lipinski definition) is 2. The molecule has 0 aliphatic carbocycles. The first-order chi connectivity index (χ1) is 15.1. The van der Waals surface area contributed by atoms with Crippen LogP contribution in [-0.2, 0) is 6.61 Å². The molecule has 2 nitrogen and oxygen atoms in total. The van der Waals surface area contributed by atoms with Gasteiger partial charge in [-0.15, -0.1) is 0 Å². The second-order valence-electron chi connectivity index (χ2n) is 7.79. The maximum Gasteiger partial charge on any atom is 0.0687 e. The van der Waals surface area contributed by atoms with Gasteiger partial charge in [0.2, 0.25) is 0 Å². The lowest BCUT2D eigenvalue weighted by Crippen LogP contribution is -2.09. The fourth-order valence-corrected chi connectivity index (χ4v) is 3.60. The topological polar surface area (TPSA) is 23.5 Å². The van der Waals surface area contributed by atoms with Crippen LogP contribution in [-0.4, -0.2) is 5.11 Å². The van der Waals surface area contributed by atoms with Crippen LogP contribution < -0.4 is 4.90 Å². The Morgan fingerprint density at radius 3 is 1.61 bits per heavy atom. The Morgan fingerprint density at radius 1 is 0.613 bits per heavy atom. The van der Waals surface area contributed by atoms with Crippen molar-refractivity contribution in [2.75, 3.05) is 4.90 Å². The summed E-state index contributed by atoms with van der Waals surface area (Å²) in [7, 11) is 0. The average Bonchev–Trinajstić information content (AvgIpc) is 2.81. The zero-order valence-corrected chi connectivity index (χ0v) is 18.0. The smallest absolute Gasteiger partial charge is 0.0687 e. The molecule has 0 aliphatic heterocycles. The Bertz CT molecular complexity index is 1110. The highest BCUT2D eigenvalue weighted by Gasteiger charge is 2.12. The molecule has 0 unspecified atom stereocenters. The van der Waals surface area contributed by atoms with E-state index in [0.717, 1.165) is 33.8 Å². The van der Waals surface area contributed by atoms with Crippen molar-refractivity contribution >= 4 is 29.2 Å². The zero-order chi connectivity index (χ0) is 21.6. The summed E-state index contributed by atoms with van der Waals surface area (Å²) in [6, 6.07) is 33.7. The lowest BCUT2D eigenvalue weighted by Gasteiger charge is -2.25. The van der Waals surface area contributed by atoms with Crippen molar-refractivity contribution in [3.8, 4) is 0 Å². The summed E-state index contributed by atoms with van der Waals surface area (Å²) >= 11 is 0. The lowest BCUT2D eigenvalue weighted by atomic mass is 10.1. The van der Waals surface area contributed by atoms with Crippen molar-refractivity contribution in [1.29, 1.82) is 0 Å². The van der Waals surface area contributed by atoms with Crippen molar-refractivity contribution in [3.05, 3.63) is 125 Å². The molecular weight excluding hydrogens is 378 g/mol. The van der Waals surface area contributed by atoms with E-state index in [1.54, 1.807) is 0 Å². The van der Waals surface area contributed by atoms with Gasteiger partial charge in [0.05, 0.1) is 6.61 Å². The van der Waals surface area contributed by atoms with E-state index < -0.39 is 0 Å². The van der Waals surface area contributed by atoms with Crippen molar-refractivity contribution < 1.29 is 5.11 Å². The Hall–Kier alpha value is -3.62. The van der Waals surface area contributed by atoms with Gasteiger partial charge >= 0.3 is 0 Å². The third kappa shape index (κ3) is 4.93. The first kappa shape index (κ1) is 20.6. The Morgan fingerprint density at radius 2 is 1.10 bits per heavy atom. The van der Waals surface area contributed by atoms with Crippen LogP contribution in [0.3, 0.4) is 0 Å². The third-order valence-corrected chi connectivity index (χ3v) is 5.42. The fourth-order valence-electron chi connectivity index (χ4n) is 3.60. The molecule has 0 saturated heterocycles. The quantitative estimate of drug-likeness (QED) is 0.337.